The average molecular weight is 196 g/mol. The van der Waals surface area contributed by atoms with Crippen molar-refractivity contribution in [3.05, 3.63) is 35.9 Å². The summed E-state index contributed by atoms with van der Waals surface area (Å²) in [6.45, 7) is 3.75. The monoisotopic (exact) mass is 196 g/mol. The minimum absolute atomic E-state index is 0.103. The lowest BCUT2D eigenvalue weighted by Crippen LogP contribution is -2.19. The molecule has 0 aliphatic rings. The maximum atomic E-state index is 13.9. The van der Waals surface area contributed by atoms with E-state index in [-0.39, 0.29) is 18.4 Å². The molecule has 1 nitrogen and oxygen atoms in total. The Balaban J connectivity index is 2.78. The highest BCUT2D eigenvalue weighted by Crippen LogP contribution is 2.30. The zero-order valence-electron chi connectivity index (χ0n) is 8.65. The van der Waals surface area contributed by atoms with Gasteiger partial charge in [0.2, 0.25) is 0 Å². The molecule has 0 aliphatic carbocycles. The van der Waals surface area contributed by atoms with Gasteiger partial charge in [-0.1, -0.05) is 44.2 Å². The van der Waals surface area contributed by atoms with Gasteiger partial charge in [-0.2, -0.15) is 0 Å². The number of hydrogen-bond acceptors (Lipinski definition) is 1. The zero-order valence-corrected chi connectivity index (χ0v) is 8.65. The van der Waals surface area contributed by atoms with Crippen molar-refractivity contribution in [2.75, 3.05) is 6.61 Å². The van der Waals surface area contributed by atoms with Crippen LogP contribution in [0.25, 0.3) is 0 Å². The quantitative estimate of drug-likeness (QED) is 0.785. The van der Waals surface area contributed by atoms with Crippen LogP contribution in [0.3, 0.4) is 0 Å². The topological polar surface area (TPSA) is 20.2 Å². The number of aliphatic hydroxyl groups excluding tert-OH is 1. The Bertz CT molecular complexity index is 258. The number of rotatable bonds is 4. The van der Waals surface area contributed by atoms with Crippen molar-refractivity contribution in [3.8, 4) is 0 Å². The lowest BCUT2D eigenvalue weighted by molar-refractivity contribution is 0.104. The number of alkyl halides is 1. The van der Waals surface area contributed by atoms with Crippen molar-refractivity contribution in [3.63, 3.8) is 0 Å². The van der Waals surface area contributed by atoms with Crippen LogP contribution in [0.5, 0.6) is 0 Å². The summed E-state index contributed by atoms with van der Waals surface area (Å²) in [4.78, 5) is 0. The van der Waals surface area contributed by atoms with Crippen molar-refractivity contribution in [1.82, 2.24) is 0 Å². The summed E-state index contributed by atoms with van der Waals surface area (Å²) in [6.07, 6.45) is -1.07. The minimum Gasteiger partial charge on any atom is -0.396 e. The molecule has 2 heteroatoms. The molecular weight excluding hydrogens is 179 g/mol. The van der Waals surface area contributed by atoms with Gasteiger partial charge in [0, 0.05) is 12.5 Å². The zero-order chi connectivity index (χ0) is 10.6. The molecule has 0 saturated heterocycles. The molecule has 1 N–H and O–H groups in total. The van der Waals surface area contributed by atoms with Crippen LogP contribution in [-0.2, 0) is 0 Å². The summed E-state index contributed by atoms with van der Waals surface area (Å²) in [5.74, 6) is -0.160. The Morgan fingerprint density at radius 2 is 1.79 bits per heavy atom. The Kier molecular flexibility index (Phi) is 4.08. The van der Waals surface area contributed by atoms with Crippen LogP contribution in [0.15, 0.2) is 30.3 Å². The van der Waals surface area contributed by atoms with Crippen LogP contribution in [0, 0.1) is 11.8 Å². The van der Waals surface area contributed by atoms with Gasteiger partial charge in [-0.15, -0.1) is 0 Å². The van der Waals surface area contributed by atoms with Crippen molar-refractivity contribution in [2.24, 2.45) is 11.8 Å². The molecule has 0 amide bonds. The lowest BCUT2D eigenvalue weighted by atomic mass is 9.88. The smallest absolute Gasteiger partial charge is 0.130 e. The Hall–Kier alpha value is -0.890. The van der Waals surface area contributed by atoms with E-state index in [2.05, 4.69) is 0 Å². The van der Waals surface area contributed by atoms with Crippen molar-refractivity contribution < 1.29 is 9.50 Å². The highest BCUT2D eigenvalue weighted by molar-refractivity contribution is 5.18. The van der Waals surface area contributed by atoms with Crippen LogP contribution < -0.4 is 0 Å². The SMILES string of the molecule is CC(C)[C@@H](CO)[C@H](F)c1ccccc1. The summed E-state index contributed by atoms with van der Waals surface area (Å²) in [6, 6.07) is 9.01. The van der Waals surface area contributed by atoms with E-state index in [9.17, 15) is 4.39 Å². The summed E-state index contributed by atoms with van der Waals surface area (Å²) >= 11 is 0. The van der Waals surface area contributed by atoms with E-state index in [1.54, 1.807) is 12.1 Å². The van der Waals surface area contributed by atoms with Gasteiger partial charge in [0.25, 0.3) is 0 Å². The molecule has 0 bridgehead atoms. The fourth-order valence-electron chi connectivity index (χ4n) is 1.53. The van der Waals surface area contributed by atoms with Gasteiger partial charge in [0.05, 0.1) is 0 Å². The standard InChI is InChI=1S/C12H17FO/c1-9(2)11(8-14)12(13)10-6-4-3-5-7-10/h3-7,9,11-12,14H,8H2,1-2H3/t11-,12-/m1/s1. The molecule has 1 rings (SSSR count). The van der Waals surface area contributed by atoms with E-state index in [0.29, 0.717) is 5.56 Å². The first kappa shape index (κ1) is 11.2. The van der Waals surface area contributed by atoms with E-state index in [1.807, 2.05) is 32.0 Å². The molecule has 0 spiro atoms. The van der Waals surface area contributed by atoms with E-state index in [4.69, 9.17) is 5.11 Å². The Morgan fingerprint density at radius 3 is 2.21 bits per heavy atom. The van der Waals surface area contributed by atoms with Crippen molar-refractivity contribution in [1.29, 1.82) is 0 Å². The van der Waals surface area contributed by atoms with Crippen LogP contribution in [-0.4, -0.2) is 11.7 Å². The summed E-state index contributed by atoms with van der Waals surface area (Å²) in [7, 11) is 0. The van der Waals surface area contributed by atoms with Crippen LogP contribution in [0.1, 0.15) is 25.6 Å². The molecule has 1 aromatic carbocycles. The first-order chi connectivity index (χ1) is 6.66. The lowest BCUT2D eigenvalue weighted by Gasteiger charge is -2.22. The summed E-state index contributed by atoms with van der Waals surface area (Å²) in [5.41, 5.74) is 0.653. The highest BCUT2D eigenvalue weighted by Gasteiger charge is 2.24. The van der Waals surface area contributed by atoms with Crippen LogP contribution in [0.2, 0.25) is 0 Å². The van der Waals surface area contributed by atoms with Crippen molar-refractivity contribution in [2.45, 2.75) is 20.0 Å². The number of hydrogen-bond donors (Lipinski definition) is 1. The fraction of sp³-hybridized carbons (Fsp3) is 0.500. The molecule has 0 radical (unpaired) electrons. The largest absolute Gasteiger partial charge is 0.396 e. The van der Waals surface area contributed by atoms with Crippen LogP contribution >= 0.6 is 0 Å². The second kappa shape index (κ2) is 5.11. The fourth-order valence-corrected chi connectivity index (χ4v) is 1.53. The molecule has 2 atom stereocenters. The van der Waals surface area contributed by atoms with Crippen molar-refractivity contribution >= 4 is 0 Å². The molecule has 0 fully saturated rings. The Morgan fingerprint density at radius 1 is 1.21 bits per heavy atom. The molecule has 0 heterocycles. The molecule has 0 unspecified atom stereocenters. The number of benzene rings is 1. The van der Waals surface area contributed by atoms with Gasteiger partial charge >= 0.3 is 0 Å². The third kappa shape index (κ3) is 2.55. The molecule has 0 aromatic heterocycles. The predicted octanol–water partition coefficient (Wildman–Crippen LogP) is 2.96. The molecule has 1 aromatic rings. The van der Waals surface area contributed by atoms with Gasteiger partial charge in [0.15, 0.2) is 0 Å². The number of aliphatic hydroxyl groups is 1. The first-order valence-electron chi connectivity index (χ1n) is 4.96. The Labute approximate surface area is 84.6 Å². The summed E-state index contributed by atoms with van der Waals surface area (Å²) < 4.78 is 13.9. The third-order valence-corrected chi connectivity index (χ3v) is 2.56. The van der Waals surface area contributed by atoms with Gasteiger partial charge in [-0.3, -0.25) is 0 Å². The van der Waals surface area contributed by atoms with E-state index < -0.39 is 6.17 Å². The summed E-state index contributed by atoms with van der Waals surface area (Å²) in [5, 5.41) is 9.09. The maximum Gasteiger partial charge on any atom is 0.130 e. The van der Waals surface area contributed by atoms with Gasteiger partial charge in [0.1, 0.15) is 6.17 Å². The van der Waals surface area contributed by atoms with E-state index in [1.165, 1.54) is 0 Å². The second-order valence-corrected chi connectivity index (χ2v) is 3.90. The molecule has 0 saturated carbocycles. The predicted molar refractivity (Wildman–Crippen MR) is 55.7 cm³/mol. The number of halogens is 1. The minimum atomic E-state index is -1.07. The third-order valence-electron chi connectivity index (χ3n) is 2.56. The molecule has 0 aliphatic heterocycles. The van der Waals surface area contributed by atoms with Gasteiger partial charge in [-0.05, 0) is 11.5 Å². The maximum absolute atomic E-state index is 13.9. The van der Waals surface area contributed by atoms with E-state index >= 15 is 0 Å². The molecule has 14 heavy (non-hydrogen) atoms. The average Bonchev–Trinajstić information content (AvgIpc) is 2.19. The van der Waals surface area contributed by atoms with Crippen LogP contribution in [0.4, 0.5) is 4.39 Å². The highest BCUT2D eigenvalue weighted by atomic mass is 19.1. The van der Waals surface area contributed by atoms with E-state index in [0.717, 1.165) is 0 Å². The van der Waals surface area contributed by atoms with Gasteiger partial charge in [-0.25, -0.2) is 4.39 Å². The normalized spacial score (nSPS) is 15.5. The molecule has 78 valence electrons. The van der Waals surface area contributed by atoms with Gasteiger partial charge < -0.3 is 5.11 Å². The molecular formula is C12H17FO. The first-order valence-corrected chi connectivity index (χ1v) is 4.96. The second-order valence-electron chi connectivity index (χ2n) is 3.90.